The van der Waals surface area contributed by atoms with Crippen LogP contribution in [0, 0.1) is 5.92 Å². The molecule has 0 bridgehead atoms. The quantitative estimate of drug-likeness (QED) is 0.915. The number of ether oxygens (including phenoxy) is 1. The summed E-state index contributed by atoms with van der Waals surface area (Å²) in [6.45, 7) is 2.05. The van der Waals surface area contributed by atoms with Crippen LogP contribution in [0.1, 0.15) is 16.8 Å². The van der Waals surface area contributed by atoms with E-state index in [0.29, 0.717) is 36.2 Å². The molecule has 1 aliphatic heterocycles. The summed E-state index contributed by atoms with van der Waals surface area (Å²) >= 11 is 5.98. The molecule has 1 fully saturated rings. The summed E-state index contributed by atoms with van der Waals surface area (Å²) in [6, 6.07) is 4.41. The second kappa shape index (κ2) is 5.59. The van der Waals surface area contributed by atoms with Gasteiger partial charge in [-0.3, -0.25) is 4.79 Å². The van der Waals surface area contributed by atoms with Crippen molar-refractivity contribution < 1.29 is 14.6 Å². The number of methoxy groups -OCH3 is 1. The Morgan fingerprint density at radius 3 is 3.11 bits per heavy atom. The maximum atomic E-state index is 12.3. The molecule has 1 heterocycles. The van der Waals surface area contributed by atoms with Crippen LogP contribution in [0.4, 0.5) is 0 Å². The first-order chi connectivity index (χ1) is 8.61. The largest absolute Gasteiger partial charge is 0.508 e. The first-order valence-corrected chi connectivity index (χ1v) is 6.26. The number of carbonyl (C=O) groups excluding carboxylic acids is 1. The number of halogens is 1. The number of likely N-dealkylation sites (tertiary alicyclic amines) is 1. The summed E-state index contributed by atoms with van der Waals surface area (Å²) < 4.78 is 5.10. The number of rotatable bonds is 3. The van der Waals surface area contributed by atoms with E-state index >= 15 is 0 Å². The van der Waals surface area contributed by atoms with Gasteiger partial charge in [0.25, 0.3) is 5.91 Å². The molecule has 0 spiro atoms. The van der Waals surface area contributed by atoms with Crippen LogP contribution in [0.2, 0.25) is 5.02 Å². The van der Waals surface area contributed by atoms with Gasteiger partial charge in [-0.1, -0.05) is 11.6 Å². The van der Waals surface area contributed by atoms with Crippen LogP contribution in [0.15, 0.2) is 18.2 Å². The zero-order valence-corrected chi connectivity index (χ0v) is 11.0. The fourth-order valence-corrected chi connectivity index (χ4v) is 2.43. The molecule has 1 amide bonds. The van der Waals surface area contributed by atoms with E-state index in [2.05, 4.69) is 0 Å². The van der Waals surface area contributed by atoms with Gasteiger partial charge < -0.3 is 14.7 Å². The van der Waals surface area contributed by atoms with Crippen molar-refractivity contribution in [2.75, 3.05) is 26.8 Å². The minimum absolute atomic E-state index is 0.0513. The second-order valence-electron chi connectivity index (χ2n) is 4.53. The number of nitrogens with zero attached hydrogens (tertiary/aromatic N) is 1. The standard InChI is InChI=1S/C13H16ClNO3/c1-18-8-9-4-5-15(7-9)13(17)11-6-10(16)2-3-12(11)14/h2-3,6,9,16H,4-5,7-8H2,1H3. The average Bonchev–Trinajstić information content (AvgIpc) is 2.80. The van der Waals surface area contributed by atoms with Gasteiger partial charge in [0.15, 0.2) is 0 Å². The van der Waals surface area contributed by atoms with Crippen LogP contribution < -0.4 is 0 Å². The molecule has 4 nitrogen and oxygen atoms in total. The van der Waals surface area contributed by atoms with Gasteiger partial charge in [-0.2, -0.15) is 0 Å². The van der Waals surface area contributed by atoms with Crippen molar-refractivity contribution in [1.29, 1.82) is 0 Å². The van der Waals surface area contributed by atoms with Crippen molar-refractivity contribution in [3.8, 4) is 5.75 Å². The first-order valence-electron chi connectivity index (χ1n) is 5.88. The van der Waals surface area contributed by atoms with Crippen LogP contribution in [0.3, 0.4) is 0 Å². The Kier molecular flexibility index (Phi) is 4.09. The zero-order chi connectivity index (χ0) is 13.1. The molecule has 1 aromatic carbocycles. The van der Waals surface area contributed by atoms with Crippen molar-refractivity contribution in [3.05, 3.63) is 28.8 Å². The predicted octanol–water partition coefficient (Wildman–Crippen LogP) is 2.15. The van der Waals surface area contributed by atoms with Gasteiger partial charge in [0.2, 0.25) is 0 Å². The minimum atomic E-state index is -0.130. The second-order valence-corrected chi connectivity index (χ2v) is 4.93. The van der Waals surface area contributed by atoms with Crippen LogP contribution in [0.25, 0.3) is 0 Å². The molecule has 18 heavy (non-hydrogen) atoms. The molecule has 1 aliphatic rings. The molecular weight excluding hydrogens is 254 g/mol. The fourth-order valence-electron chi connectivity index (χ4n) is 2.24. The number of phenols is 1. The van der Waals surface area contributed by atoms with Crippen molar-refractivity contribution >= 4 is 17.5 Å². The lowest BCUT2D eigenvalue weighted by Crippen LogP contribution is -2.29. The van der Waals surface area contributed by atoms with Gasteiger partial charge in [0, 0.05) is 26.1 Å². The molecule has 1 aromatic rings. The molecule has 1 atom stereocenters. The van der Waals surface area contributed by atoms with E-state index < -0.39 is 0 Å². The molecule has 1 N–H and O–H groups in total. The van der Waals surface area contributed by atoms with E-state index in [1.165, 1.54) is 18.2 Å². The van der Waals surface area contributed by atoms with Crippen LogP contribution in [-0.2, 0) is 4.74 Å². The number of amides is 1. The molecule has 0 aromatic heterocycles. The lowest BCUT2D eigenvalue weighted by atomic mass is 10.1. The molecule has 2 rings (SSSR count). The van der Waals surface area contributed by atoms with Gasteiger partial charge in [0.1, 0.15) is 5.75 Å². The first kappa shape index (κ1) is 13.2. The topological polar surface area (TPSA) is 49.8 Å². The summed E-state index contributed by atoms with van der Waals surface area (Å²) in [5, 5.41) is 9.78. The summed E-state index contributed by atoms with van der Waals surface area (Å²) in [4.78, 5) is 14.0. The Morgan fingerprint density at radius 1 is 1.61 bits per heavy atom. The van der Waals surface area contributed by atoms with Crippen LogP contribution in [-0.4, -0.2) is 42.7 Å². The smallest absolute Gasteiger partial charge is 0.255 e. The van der Waals surface area contributed by atoms with E-state index in [9.17, 15) is 9.90 Å². The summed E-state index contributed by atoms with van der Waals surface area (Å²) in [6.07, 6.45) is 0.940. The third kappa shape index (κ3) is 2.76. The Hall–Kier alpha value is -1.26. The molecule has 1 unspecified atom stereocenters. The van der Waals surface area contributed by atoms with E-state index in [4.69, 9.17) is 16.3 Å². The van der Waals surface area contributed by atoms with Crippen molar-refractivity contribution in [2.24, 2.45) is 5.92 Å². The molecular formula is C13H16ClNO3. The third-order valence-electron chi connectivity index (χ3n) is 3.16. The highest BCUT2D eigenvalue weighted by Gasteiger charge is 2.27. The lowest BCUT2D eigenvalue weighted by molar-refractivity contribution is 0.0775. The third-order valence-corrected chi connectivity index (χ3v) is 3.49. The van der Waals surface area contributed by atoms with Gasteiger partial charge in [-0.15, -0.1) is 0 Å². The highest BCUT2D eigenvalue weighted by atomic mass is 35.5. The lowest BCUT2D eigenvalue weighted by Gasteiger charge is -2.17. The van der Waals surface area contributed by atoms with Crippen molar-refractivity contribution in [2.45, 2.75) is 6.42 Å². The Balaban J connectivity index is 2.10. The van der Waals surface area contributed by atoms with Gasteiger partial charge >= 0.3 is 0 Å². The predicted molar refractivity (Wildman–Crippen MR) is 69.0 cm³/mol. The van der Waals surface area contributed by atoms with E-state index in [1.54, 1.807) is 12.0 Å². The monoisotopic (exact) mass is 269 g/mol. The maximum absolute atomic E-state index is 12.3. The number of carbonyl (C=O) groups is 1. The summed E-state index contributed by atoms with van der Waals surface area (Å²) in [5.74, 6) is 0.305. The number of aromatic hydroxyl groups is 1. The molecule has 5 heteroatoms. The molecule has 0 saturated carbocycles. The highest BCUT2D eigenvalue weighted by molar-refractivity contribution is 6.33. The van der Waals surface area contributed by atoms with Gasteiger partial charge in [-0.05, 0) is 24.6 Å². The minimum Gasteiger partial charge on any atom is -0.508 e. The van der Waals surface area contributed by atoms with Crippen molar-refractivity contribution in [3.63, 3.8) is 0 Å². The van der Waals surface area contributed by atoms with E-state index in [1.807, 2.05) is 0 Å². The fraction of sp³-hybridized carbons (Fsp3) is 0.462. The van der Waals surface area contributed by atoms with Gasteiger partial charge in [-0.25, -0.2) is 0 Å². The summed E-state index contributed by atoms with van der Waals surface area (Å²) in [7, 11) is 1.66. The van der Waals surface area contributed by atoms with Crippen molar-refractivity contribution in [1.82, 2.24) is 4.90 Å². The number of benzene rings is 1. The number of hydrogen-bond donors (Lipinski definition) is 1. The number of phenolic OH excluding ortho intramolecular Hbond substituents is 1. The molecule has 0 aliphatic carbocycles. The Labute approximate surface area is 111 Å². The normalized spacial score (nSPS) is 19.2. The molecule has 98 valence electrons. The number of hydrogen-bond acceptors (Lipinski definition) is 3. The highest BCUT2D eigenvalue weighted by Crippen LogP contribution is 2.25. The van der Waals surface area contributed by atoms with Crippen LogP contribution >= 0.6 is 11.6 Å². The van der Waals surface area contributed by atoms with E-state index in [-0.39, 0.29) is 11.7 Å². The molecule has 1 saturated heterocycles. The Morgan fingerprint density at radius 2 is 2.39 bits per heavy atom. The maximum Gasteiger partial charge on any atom is 0.255 e. The van der Waals surface area contributed by atoms with Crippen LogP contribution in [0.5, 0.6) is 5.75 Å². The van der Waals surface area contributed by atoms with Gasteiger partial charge in [0.05, 0.1) is 17.2 Å². The SMILES string of the molecule is COCC1CCN(C(=O)c2cc(O)ccc2Cl)C1. The average molecular weight is 270 g/mol. The molecule has 0 radical (unpaired) electrons. The van der Waals surface area contributed by atoms with E-state index in [0.717, 1.165) is 6.42 Å². The zero-order valence-electron chi connectivity index (χ0n) is 10.2. The summed E-state index contributed by atoms with van der Waals surface area (Å²) in [5.41, 5.74) is 0.356. The Bertz CT molecular complexity index is 450.